The van der Waals surface area contributed by atoms with Crippen molar-refractivity contribution in [1.29, 1.82) is 0 Å². The Hall–Kier alpha value is 0.0700. The summed E-state index contributed by atoms with van der Waals surface area (Å²) in [5.41, 5.74) is 0. The number of rotatable bonds is 8. The second kappa shape index (κ2) is 10.9. The van der Waals surface area contributed by atoms with Gasteiger partial charge in [-0.15, -0.1) is 0 Å². The van der Waals surface area contributed by atoms with E-state index in [9.17, 15) is 9.46 Å². The zero-order valence-electron chi connectivity index (χ0n) is 12.5. The molecule has 0 saturated carbocycles. The molecule has 5 nitrogen and oxygen atoms in total. The van der Waals surface area contributed by atoms with Crippen molar-refractivity contribution in [1.82, 2.24) is 0 Å². The van der Waals surface area contributed by atoms with E-state index in [2.05, 4.69) is 32.2 Å². The second-order valence-corrected chi connectivity index (χ2v) is 5.46. The van der Waals surface area contributed by atoms with Gasteiger partial charge in [0.15, 0.2) is 0 Å². The lowest BCUT2D eigenvalue weighted by Gasteiger charge is -2.34. The molecule has 0 aromatic heterocycles. The lowest BCUT2D eigenvalue weighted by Crippen LogP contribution is -2.47. The standard InChI is InChI=1S/C8H20N.C4H11O4P/c1-5-9(6-2,7-3)8-4;1-2-3-4-8-9(5,6)7/h5-8H2,1-4H3;2-4H2,1H3,(H2,5,6,7)/q+1;/p-1. The van der Waals surface area contributed by atoms with Crippen molar-refractivity contribution in [2.24, 2.45) is 0 Å². The SMILES string of the molecule is CCCCOP(=O)([O-])O.CC[N+](CC)(CC)CC. The van der Waals surface area contributed by atoms with Crippen LogP contribution in [0, 0.1) is 0 Å². The van der Waals surface area contributed by atoms with Crippen molar-refractivity contribution in [3.63, 3.8) is 0 Å². The van der Waals surface area contributed by atoms with Gasteiger partial charge in [-0.2, -0.15) is 0 Å². The van der Waals surface area contributed by atoms with E-state index in [0.29, 0.717) is 6.42 Å². The van der Waals surface area contributed by atoms with Crippen LogP contribution in [0.15, 0.2) is 0 Å². The van der Waals surface area contributed by atoms with Crippen molar-refractivity contribution in [3.05, 3.63) is 0 Å². The van der Waals surface area contributed by atoms with Crippen molar-refractivity contribution in [2.45, 2.75) is 47.5 Å². The van der Waals surface area contributed by atoms with E-state index in [4.69, 9.17) is 4.89 Å². The molecule has 0 spiro atoms. The minimum absolute atomic E-state index is 0.0772. The van der Waals surface area contributed by atoms with Gasteiger partial charge in [0, 0.05) is 0 Å². The molecule has 0 saturated heterocycles. The molecule has 0 amide bonds. The summed E-state index contributed by atoms with van der Waals surface area (Å²) in [5.74, 6) is 0. The Morgan fingerprint density at radius 3 is 1.61 bits per heavy atom. The summed E-state index contributed by atoms with van der Waals surface area (Å²) in [4.78, 5) is 17.9. The molecule has 0 fully saturated rings. The van der Waals surface area contributed by atoms with Gasteiger partial charge in [0.05, 0.1) is 32.8 Å². The fourth-order valence-corrected chi connectivity index (χ4v) is 2.03. The lowest BCUT2D eigenvalue weighted by molar-refractivity contribution is -0.921. The Morgan fingerprint density at radius 1 is 1.06 bits per heavy atom. The van der Waals surface area contributed by atoms with Gasteiger partial charge in [-0.05, 0) is 34.1 Å². The molecule has 1 atom stereocenters. The Bertz CT molecular complexity index is 209. The number of phosphoric acid groups is 1. The van der Waals surface area contributed by atoms with Gasteiger partial charge < -0.3 is 18.8 Å². The molecule has 1 unspecified atom stereocenters. The first-order valence-electron chi connectivity index (χ1n) is 6.84. The van der Waals surface area contributed by atoms with Gasteiger partial charge in [0.1, 0.15) is 0 Å². The number of quaternary nitrogens is 1. The third-order valence-electron chi connectivity index (χ3n) is 3.44. The van der Waals surface area contributed by atoms with E-state index < -0.39 is 7.82 Å². The topological polar surface area (TPSA) is 69.6 Å². The van der Waals surface area contributed by atoms with Crippen LogP contribution in [0.4, 0.5) is 0 Å². The van der Waals surface area contributed by atoms with Gasteiger partial charge in [-0.1, -0.05) is 13.3 Å². The van der Waals surface area contributed by atoms with Crippen LogP contribution in [0.1, 0.15) is 47.5 Å². The van der Waals surface area contributed by atoms with Crippen LogP contribution in [-0.2, 0) is 9.09 Å². The van der Waals surface area contributed by atoms with Crippen LogP contribution >= 0.6 is 7.82 Å². The molecule has 112 valence electrons. The normalized spacial score (nSPS) is 14.6. The molecule has 0 rings (SSSR count). The molecule has 6 heteroatoms. The first-order chi connectivity index (χ1) is 8.30. The highest BCUT2D eigenvalue weighted by atomic mass is 31.2. The van der Waals surface area contributed by atoms with Crippen LogP contribution < -0.4 is 4.89 Å². The van der Waals surface area contributed by atoms with Crippen molar-refractivity contribution < 1.29 is 23.4 Å². The lowest BCUT2D eigenvalue weighted by atomic mass is 10.3. The highest BCUT2D eigenvalue weighted by Gasteiger charge is 2.16. The quantitative estimate of drug-likeness (QED) is 0.421. The smallest absolute Gasteiger partial charge is 0.265 e. The van der Waals surface area contributed by atoms with E-state index in [1.807, 2.05) is 6.92 Å². The van der Waals surface area contributed by atoms with Crippen LogP contribution in [-0.4, -0.2) is 42.2 Å². The first-order valence-corrected chi connectivity index (χ1v) is 8.33. The third kappa shape index (κ3) is 11.2. The summed E-state index contributed by atoms with van der Waals surface area (Å²) >= 11 is 0. The van der Waals surface area contributed by atoms with E-state index in [1.54, 1.807) is 0 Å². The van der Waals surface area contributed by atoms with E-state index in [-0.39, 0.29) is 6.61 Å². The maximum absolute atomic E-state index is 9.87. The van der Waals surface area contributed by atoms with Crippen molar-refractivity contribution in [2.75, 3.05) is 32.8 Å². The Labute approximate surface area is 112 Å². The molecule has 0 aliphatic heterocycles. The van der Waals surface area contributed by atoms with E-state index in [1.165, 1.54) is 30.7 Å². The third-order valence-corrected chi connectivity index (χ3v) is 3.94. The van der Waals surface area contributed by atoms with E-state index in [0.717, 1.165) is 6.42 Å². The monoisotopic (exact) mass is 283 g/mol. The highest BCUT2D eigenvalue weighted by Crippen LogP contribution is 2.30. The highest BCUT2D eigenvalue weighted by molar-refractivity contribution is 7.44. The molecular weight excluding hydrogens is 253 g/mol. The largest absolute Gasteiger partial charge is 0.756 e. The van der Waals surface area contributed by atoms with Crippen LogP contribution in [0.25, 0.3) is 0 Å². The second-order valence-electron chi connectivity index (χ2n) is 4.26. The number of unbranched alkanes of at least 4 members (excludes halogenated alkanes) is 1. The summed E-state index contributed by atoms with van der Waals surface area (Å²) < 4.78 is 15.2. The molecule has 0 bridgehead atoms. The molecular formula is C12H30NO4P. The maximum atomic E-state index is 9.87. The number of nitrogens with zero attached hydrogens (tertiary/aromatic N) is 1. The van der Waals surface area contributed by atoms with Crippen LogP contribution in [0.2, 0.25) is 0 Å². The Morgan fingerprint density at radius 2 is 1.44 bits per heavy atom. The molecule has 0 heterocycles. The van der Waals surface area contributed by atoms with E-state index >= 15 is 0 Å². The average molecular weight is 283 g/mol. The number of phosphoric ester groups is 1. The van der Waals surface area contributed by atoms with Crippen LogP contribution in [0.5, 0.6) is 0 Å². The van der Waals surface area contributed by atoms with Gasteiger partial charge in [-0.25, -0.2) is 0 Å². The Balaban J connectivity index is 0. The van der Waals surface area contributed by atoms with Gasteiger partial charge in [0.25, 0.3) is 7.82 Å². The molecule has 1 N–H and O–H groups in total. The number of hydrogen-bond acceptors (Lipinski definition) is 3. The first kappa shape index (κ1) is 20.4. The minimum atomic E-state index is -4.45. The average Bonchev–Trinajstić information content (AvgIpc) is 2.32. The van der Waals surface area contributed by atoms with Crippen molar-refractivity contribution >= 4 is 7.82 Å². The molecule has 0 aliphatic carbocycles. The minimum Gasteiger partial charge on any atom is -0.756 e. The summed E-state index contributed by atoms with van der Waals surface area (Å²) in [6.45, 7) is 16.2. The summed E-state index contributed by atoms with van der Waals surface area (Å²) in [6, 6.07) is 0. The summed E-state index contributed by atoms with van der Waals surface area (Å²) in [7, 11) is -4.45. The summed E-state index contributed by atoms with van der Waals surface area (Å²) in [6.07, 6.45) is 1.49. The maximum Gasteiger partial charge on any atom is 0.265 e. The molecule has 0 aromatic rings. The van der Waals surface area contributed by atoms with Gasteiger partial charge in [0.2, 0.25) is 0 Å². The fourth-order valence-electron chi connectivity index (χ4n) is 1.67. The zero-order chi connectivity index (χ0) is 14.7. The predicted octanol–water partition coefficient (Wildman–Crippen LogP) is 2.15. The summed E-state index contributed by atoms with van der Waals surface area (Å²) in [5, 5.41) is 0. The molecule has 0 aromatic carbocycles. The van der Waals surface area contributed by atoms with Gasteiger partial charge in [-0.3, -0.25) is 4.57 Å². The molecule has 0 aliphatic rings. The zero-order valence-corrected chi connectivity index (χ0v) is 13.4. The fraction of sp³-hybridized carbons (Fsp3) is 1.00. The number of hydrogen-bond donors (Lipinski definition) is 1. The predicted molar refractivity (Wildman–Crippen MR) is 73.1 cm³/mol. The molecule has 0 radical (unpaired) electrons. The molecule has 18 heavy (non-hydrogen) atoms. The van der Waals surface area contributed by atoms with Crippen molar-refractivity contribution in [3.8, 4) is 0 Å². The van der Waals surface area contributed by atoms with Crippen LogP contribution in [0.3, 0.4) is 0 Å². The Kier molecular flexibility index (Phi) is 12.4. The van der Waals surface area contributed by atoms with Gasteiger partial charge >= 0.3 is 0 Å².